The molecule has 1 aliphatic rings. The summed E-state index contributed by atoms with van der Waals surface area (Å²) in [6.07, 6.45) is 1.87. The van der Waals surface area contributed by atoms with Gasteiger partial charge >= 0.3 is 0 Å². The van der Waals surface area contributed by atoms with Crippen molar-refractivity contribution in [2.45, 2.75) is 6.29 Å². The molecule has 2 aromatic heterocycles. The standard InChI is InChI=1S/C40H27N3S/c1-3-12-26(13-4-1)28-22-23-30-29-16-7-9-20-36(29)43(37(30)24-28)40-41-34(27-14-5-2-6-15-27)25-35(42-40)33-19-11-18-32-31-17-8-10-21-38(31)44-39(32)33/h1-25,40,42H. The Bertz CT molecular complexity index is 2410. The molecule has 3 heterocycles. The van der Waals surface area contributed by atoms with Gasteiger partial charge in [0.05, 0.1) is 16.7 Å². The summed E-state index contributed by atoms with van der Waals surface area (Å²) in [7, 11) is 0. The largest absolute Gasteiger partial charge is 0.346 e. The maximum atomic E-state index is 5.39. The maximum Gasteiger partial charge on any atom is 0.201 e. The van der Waals surface area contributed by atoms with Gasteiger partial charge < -0.3 is 9.88 Å². The summed E-state index contributed by atoms with van der Waals surface area (Å²) in [6.45, 7) is 0. The zero-order valence-electron chi connectivity index (χ0n) is 23.8. The summed E-state index contributed by atoms with van der Waals surface area (Å²) in [5.41, 5.74) is 9.04. The van der Waals surface area contributed by atoms with Crippen LogP contribution in [0, 0.1) is 0 Å². The van der Waals surface area contributed by atoms with Crippen molar-refractivity contribution in [1.29, 1.82) is 0 Å². The number of allylic oxidation sites excluding steroid dienone is 1. The Labute approximate surface area is 259 Å². The minimum atomic E-state index is -0.344. The molecule has 4 heteroatoms. The Hall–Kier alpha value is -5.45. The summed E-state index contributed by atoms with van der Waals surface area (Å²) < 4.78 is 4.96. The van der Waals surface area contributed by atoms with E-state index in [2.05, 4.69) is 162 Å². The average Bonchev–Trinajstić information content (AvgIpc) is 3.64. The fourth-order valence-corrected chi connectivity index (χ4v) is 7.83. The fourth-order valence-electron chi connectivity index (χ4n) is 6.60. The molecule has 1 unspecified atom stereocenters. The molecule has 0 fully saturated rings. The molecule has 1 N–H and O–H groups in total. The van der Waals surface area contributed by atoms with Crippen molar-refractivity contribution in [2.75, 3.05) is 0 Å². The van der Waals surface area contributed by atoms with Crippen LogP contribution in [0.3, 0.4) is 0 Å². The van der Waals surface area contributed by atoms with E-state index in [9.17, 15) is 0 Å². The van der Waals surface area contributed by atoms with Gasteiger partial charge in [-0.25, -0.2) is 4.99 Å². The van der Waals surface area contributed by atoms with Gasteiger partial charge in [0.2, 0.25) is 6.29 Å². The van der Waals surface area contributed by atoms with Crippen LogP contribution in [-0.2, 0) is 0 Å². The normalized spacial score (nSPS) is 15.0. The van der Waals surface area contributed by atoms with Gasteiger partial charge in [-0.1, -0.05) is 127 Å². The lowest BCUT2D eigenvalue weighted by Crippen LogP contribution is -2.29. The second-order valence-corrected chi connectivity index (χ2v) is 12.3. The SMILES string of the molecule is C1=C(c2cccc3c2sc2ccccc23)NC(n2c3ccccc3c3ccc(-c4ccccc4)cc32)N=C1c1ccccc1. The highest BCUT2D eigenvalue weighted by molar-refractivity contribution is 7.26. The Morgan fingerprint density at radius 1 is 0.545 bits per heavy atom. The number of nitrogens with one attached hydrogen (secondary N) is 1. The third-order valence-electron chi connectivity index (χ3n) is 8.65. The minimum absolute atomic E-state index is 0.344. The molecule has 1 atom stereocenters. The predicted molar refractivity (Wildman–Crippen MR) is 187 cm³/mol. The van der Waals surface area contributed by atoms with Crippen LogP contribution in [0.25, 0.3) is 58.8 Å². The molecule has 1 aliphatic heterocycles. The van der Waals surface area contributed by atoms with E-state index >= 15 is 0 Å². The Morgan fingerprint density at radius 2 is 1.23 bits per heavy atom. The van der Waals surface area contributed by atoms with Gasteiger partial charge in [-0.15, -0.1) is 11.3 Å². The van der Waals surface area contributed by atoms with E-state index in [1.807, 2.05) is 11.3 Å². The summed E-state index contributed by atoms with van der Waals surface area (Å²) in [6, 6.07) is 51.9. The molecule has 8 aromatic rings. The van der Waals surface area contributed by atoms with Crippen LogP contribution in [0.2, 0.25) is 0 Å². The van der Waals surface area contributed by atoms with Crippen LogP contribution in [0.15, 0.2) is 157 Å². The maximum absolute atomic E-state index is 5.39. The zero-order chi connectivity index (χ0) is 29.0. The Morgan fingerprint density at radius 3 is 2.07 bits per heavy atom. The molecule has 0 spiro atoms. The number of nitrogens with zero attached hydrogens (tertiary/aromatic N) is 2. The second kappa shape index (κ2) is 10.1. The Kier molecular flexibility index (Phi) is 5.75. The average molecular weight is 582 g/mol. The molecule has 3 nitrogen and oxygen atoms in total. The van der Waals surface area contributed by atoms with Crippen LogP contribution in [0.4, 0.5) is 0 Å². The van der Waals surface area contributed by atoms with Crippen molar-refractivity contribution >= 4 is 64.7 Å². The van der Waals surface area contributed by atoms with Crippen molar-refractivity contribution in [2.24, 2.45) is 4.99 Å². The highest BCUT2D eigenvalue weighted by Gasteiger charge is 2.25. The lowest BCUT2D eigenvalue weighted by molar-refractivity contribution is 0.509. The van der Waals surface area contributed by atoms with Gasteiger partial charge in [-0.2, -0.15) is 0 Å². The van der Waals surface area contributed by atoms with Gasteiger partial charge in [-0.3, -0.25) is 0 Å². The monoisotopic (exact) mass is 581 g/mol. The van der Waals surface area contributed by atoms with Gasteiger partial charge in [0, 0.05) is 42.2 Å². The topological polar surface area (TPSA) is 29.3 Å². The smallest absolute Gasteiger partial charge is 0.201 e. The number of thiophene rings is 1. The predicted octanol–water partition coefficient (Wildman–Crippen LogP) is 10.4. The van der Waals surface area contributed by atoms with Gasteiger partial charge in [0.15, 0.2) is 0 Å². The van der Waals surface area contributed by atoms with E-state index in [0.717, 1.165) is 28.0 Å². The molecule has 0 saturated heterocycles. The first-order valence-corrected chi connectivity index (χ1v) is 15.7. The van der Waals surface area contributed by atoms with Crippen LogP contribution in [-0.4, -0.2) is 10.3 Å². The van der Waals surface area contributed by atoms with E-state index < -0.39 is 0 Å². The van der Waals surface area contributed by atoms with Crippen molar-refractivity contribution in [3.8, 4) is 11.1 Å². The Balaban J connectivity index is 1.28. The number of hydrogen-bond acceptors (Lipinski definition) is 3. The molecule has 208 valence electrons. The van der Waals surface area contributed by atoms with Crippen LogP contribution in [0.5, 0.6) is 0 Å². The first-order valence-electron chi connectivity index (χ1n) is 14.9. The van der Waals surface area contributed by atoms with Crippen LogP contribution < -0.4 is 5.32 Å². The van der Waals surface area contributed by atoms with Crippen molar-refractivity contribution < 1.29 is 0 Å². The highest BCUT2D eigenvalue weighted by Crippen LogP contribution is 2.40. The van der Waals surface area contributed by atoms with Gasteiger partial charge in [-0.05, 0) is 41.0 Å². The number of aromatic nitrogens is 1. The highest BCUT2D eigenvalue weighted by atomic mass is 32.1. The minimum Gasteiger partial charge on any atom is -0.346 e. The second-order valence-electron chi connectivity index (χ2n) is 11.2. The van der Waals surface area contributed by atoms with E-state index in [-0.39, 0.29) is 6.29 Å². The number of hydrogen-bond donors (Lipinski definition) is 1. The van der Waals surface area contributed by atoms with Gasteiger partial charge in [0.25, 0.3) is 0 Å². The fraction of sp³-hybridized carbons (Fsp3) is 0.0250. The van der Waals surface area contributed by atoms with Crippen LogP contribution in [0.1, 0.15) is 17.4 Å². The number of fused-ring (bicyclic) bond motifs is 6. The first-order chi connectivity index (χ1) is 21.8. The molecule has 6 aromatic carbocycles. The number of rotatable bonds is 4. The molecular weight excluding hydrogens is 555 g/mol. The first kappa shape index (κ1) is 25.1. The molecule has 9 rings (SSSR count). The lowest BCUT2D eigenvalue weighted by Gasteiger charge is -2.27. The summed E-state index contributed by atoms with van der Waals surface area (Å²) in [5.74, 6) is 0. The summed E-state index contributed by atoms with van der Waals surface area (Å²) in [5, 5.41) is 8.93. The molecule has 44 heavy (non-hydrogen) atoms. The van der Waals surface area contributed by atoms with E-state index in [4.69, 9.17) is 4.99 Å². The summed E-state index contributed by atoms with van der Waals surface area (Å²) >= 11 is 1.85. The molecule has 0 aliphatic carbocycles. The van der Waals surface area contributed by atoms with Gasteiger partial charge in [0.1, 0.15) is 0 Å². The lowest BCUT2D eigenvalue weighted by atomic mass is 10.0. The number of benzene rings is 6. The molecule has 0 saturated carbocycles. The quantitative estimate of drug-likeness (QED) is 0.220. The van der Waals surface area contributed by atoms with Crippen molar-refractivity contribution in [3.05, 3.63) is 163 Å². The van der Waals surface area contributed by atoms with Crippen molar-refractivity contribution in [1.82, 2.24) is 9.88 Å². The molecular formula is C40H27N3S. The zero-order valence-corrected chi connectivity index (χ0v) is 24.6. The number of para-hydroxylation sites is 1. The third-order valence-corrected chi connectivity index (χ3v) is 9.87. The van der Waals surface area contributed by atoms with Crippen LogP contribution >= 0.6 is 11.3 Å². The molecule has 0 radical (unpaired) electrons. The van der Waals surface area contributed by atoms with Crippen molar-refractivity contribution in [3.63, 3.8) is 0 Å². The number of aliphatic imine (C=N–C) groups is 1. The molecule has 0 bridgehead atoms. The van der Waals surface area contributed by atoms with E-state index in [0.29, 0.717) is 0 Å². The third kappa shape index (κ3) is 3.99. The van der Waals surface area contributed by atoms with E-state index in [1.165, 1.54) is 47.6 Å². The van der Waals surface area contributed by atoms with E-state index in [1.54, 1.807) is 0 Å². The summed E-state index contributed by atoms with van der Waals surface area (Å²) in [4.78, 5) is 5.39. The molecule has 0 amide bonds.